The largest absolute Gasteiger partial charge is 0.309 e. The van der Waals surface area contributed by atoms with E-state index in [1.165, 1.54) is 0 Å². The molecule has 8 aromatic rings. The highest BCUT2D eigenvalue weighted by Gasteiger charge is 2.19. The van der Waals surface area contributed by atoms with Gasteiger partial charge in [0.1, 0.15) is 0 Å². The summed E-state index contributed by atoms with van der Waals surface area (Å²) in [4.78, 5) is 0. The van der Waals surface area contributed by atoms with Crippen molar-refractivity contribution in [2.45, 2.75) is 6.92 Å². The molecule has 0 saturated heterocycles. The number of hydrogen-bond acceptors (Lipinski definition) is 3. The van der Waals surface area contributed by atoms with E-state index in [0.29, 0.717) is 16.7 Å². The second-order valence-corrected chi connectivity index (χ2v) is 12.3. The van der Waals surface area contributed by atoms with Crippen LogP contribution < -0.4 is 0 Å². The first kappa shape index (κ1) is 30.9. The van der Waals surface area contributed by atoms with Crippen LogP contribution in [0.15, 0.2) is 140 Å². The highest BCUT2D eigenvalue weighted by Crippen LogP contribution is 2.39. The van der Waals surface area contributed by atoms with Crippen molar-refractivity contribution >= 4 is 44.9 Å². The smallest absolute Gasteiger partial charge is 0.0998 e. The van der Waals surface area contributed by atoms with E-state index < -0.39 is 0 Å². The molecular formula is C46H29N5. The normalized spacial score (nSPS) is 11.2. The van der Waals surface area contributed by atoms with Crippen LogP contribution in [-0.2, 0) is 0 Å². The molecule has 51 heavy (non-hydrogen) atoms. The first-order valence-corrected chi connectivity index (χ1v) is 16.6. The van der Waals surface area contributed by atoms with Gasteiger partial charge in [-0.05, 0) is 90.9 Å². The lowest BCUT2D eigenvalue weighted by molar-refractivity contribution is 1.11. The Morgan fingerprint density at radius 3 is 2.12 bits per heavy atom. The van der Waals surface area contributed by atoms with Crippen molar-refractivity contribution in [1.82, 2.24) is 9.13 Å². The van der Waals surface area contributed by atoms with Gasteiger partial charge in [-0.3, -0.25) is 0 Å². The molecule has 0 radical (unpaired) electrons. The molecule has 8 rings (SSSR count). The fourth-order valence-corrected chi connectivity index (χ4v) is 7.29. The molecule has 0 aliphatic carbocycles. The highest BCUT2D eigenvalue weighted by molar-refractivity contribution is 6.10. The van der Waals surface area contributed by atoms with Gasteiger partial charge in [-0.1, -0.05) is 79.4 Å². The summed E-state index contributed by atoms with van der Waals surface area (Å²) in [6, 6.07) is 49.1. The van der Waals surface area contributed by atoms with Gasteiger partial charge >= 0.3 is 0 Å². The molecule has 2 aromatic heterocycles. The summed E-state index contributed by atoms with van der Waals surface area (Å²) in [6.07, 6.45) is 6.09. The zero-order valence-electron chi connectivity index (χ0n) is 27.8. The van der Waals surface area contributed by atoms with Crippen LogP contribution in [0.1, 0.15) is 34.9 Å². The topological polar surface area (TPSA) is 81.2 Å². The lowest BCUT2D eigenvalue weighted by atomic mass is 9.94. The van der Waals surface area contributed by atoms with Crippen LogP contribution in [0, 0.1) is 34.0 Å². The maximum atomic E-state index is 10.3. The second-order valence-electron chi connectivity index (χ2n) is 12.3. The molecule has 0 unspecified atom stereocenters. The van der Waals surface area contributed by atoms with E-state index in [4.69, 9.17) is 0 Å². The minimum Gasteiger partial charge on any atom is -0.309 e. The molecule has 2 heterocycles. The Kier molecular flexibility index (Phi) is 7.62. The Labute approximate surface area is 295 Å². The number of rotatable bonds is 6. The minimum atomic E-state index is 0.551. The third kappa shape index (κ3) is 4.99. The summed E-state index contributed by atoms with van der Waals surface area (Å²) >= 11 is 0. The number of allylic oxidation sites excluding steroid dienone is 1. The van der Waals surface area contributed by atoms with Crippen molar-refractivity contribution in [1.29, 1.82) is 15.8 Å². The Morgan fingerprint density at radius 2 is 1.31 bits per heavy atom. The van der Waals surface area contributed by atoms with Gasteiger partial charge in [0.15, 0.2) is 0 Å². The van der Waals surface area contributed by atoms with Gasteiger partial charge in [0.2, 0.25) is 0 Å². The summed E-state index contributed by atoms with van der Waals surface area (Å²) in [7, 11) is 0. The monoisotopic (exact) mass is 651 g/mol. The van der Waals surface area contributed by atoms with Gasteiger partial charge in [0.05, 0.1) is 62.8 Å². The molecule has 6 aromatic carbocycles. The Balaban J connectivity index is 1.33. The summed E-state index contributed by atoms with van der Waals surface area (Å²) in [5.74, 6) is 0. The van der Waals surface area contributed by atoms with Crippen LogP contribution in [0.2, 0.25) is 0 Å². The molecule has 0 amide bonds. The predicted molar refractivity (Wildman–Crippen MR) is 207 cm³/mol. The third-order valence-corrected chi connectivity index (χ3v) is 9.52. The molecule has 0 aliphatic rings. The van der Waals surface area contributed by atoms with Crippen molar-refractivity contribution in [3.05, 3.63) is 168 Å². The summed E-state index contributed by atoms with van der Waals surface area (Å²) < 4.78 is 4.41. The van der Waals surface area contributed by atoms with E-state index in [1.54, 1.807) is 6.07 Å². The molecule has 0 bridgehead atoms. The standard InChI is InChI=1S/C46H29N5/c1-3-10-42-36(4-2)38-14-6-8-16-44(38)51(42)43-15-7-5-13-37(43)33-19-20-34(29-49)40(26-33)32-11-9-12-35(25-32)50-45-22-18-30(27-47)23-41(45)39-21-17-31(28-48)24-46(39)50/h3-26H,2H2,1H3/b10-3-. The van der Waals surface area contributed by atoms with Crippen LogP contribution >= 0.6 is 0 Å². The first-order valence-electron chi connectivity index (χ1n) is 16.6. The zero-order chi connectivity index (χ0) is 35.1. The molecule has 0 atom stereocenters. The number of benzene rings is 6. The maximum Gasteiger partial charge on any atom is 0.0998 e. The SMILES string of the molecule is C=Cc1c(/C=C\C)n(-c2ccccc2-c2ccc(C#N)c(-c3cccc(-n4c5ccc(C#N)cc5c5ccc(C#N)cc54)c3)c2)c2ccccc12. The second kappa shape index (κ2) is 12.6. The number of nitrogens with zero attached hydrogens (tertiary/aromatic N) is 5. The molecular weight excluding hydrogens is 623 g/mol. The summed E-state index contributed by atoms with van der Waals surface area (Å²) in [5.41, 5.74) is 12.3. The van der Waals surface area contributed by atoms with Crippen molar-refractivity contribution in [3.8, 4) is 51.8 Å². The lowest BCUT2D eigenvalue weighted by Crippen LogP contribution is -2.00. The molecule has 0 saturated carbocycles. The van der Waals surface area contributed by atoms with Gasteiger partial charge < -0.3 is 9.13 Å². The van der Waals surface area contributed by atoms with Crippen LogP contribution in [-0.4, -0.2) is 9.13 Å². The van der Waals surface area contributed by atoms with Crippen molar-refractivity contribution in [3.63, 3.8) is 0 Å². The average molecular weight is 652 g/mol. The quantitative estimate of drug-likeness (QED) is 0.179. The fraction of sp³-hybridized carbons (Fsp3) is 0.0217. The maximum absolute atomic E-state index is 10.3. The molecule has 0 fully saturated rings. The summed E-state index contributed by atoms with van der Waals surface area (Å²) in [6.45, 7) is 6.17. The third-order valence-electron chi connectivity index (χ3n) is 9.52. The van der Waals surface area contributed by atoms with Crippen LogP contribution in [0.5, 0.6) is 0 Å². The van der Waals surface area contributed by atoms with E-state index in [2.05, 4.69) is 94.6 Å². The Morgan fingerprint density at radius 1 is 0.569 bits per heavy atom. The van der Waals surface area contributed by atoms with E-state index in [9.17, 15) is 15.8 Å². The Bertz CT molecular complexity index is 2880. The van der Waals surface area contributed by atoms with Crippen LogP contribution in [0.25, 0.3) is 78.5 Å². The van der Waals surface area contributed by atoms with Crippen molar-refractivity contribution < 1.29 is 0 Å². The predicted octanol–water partition coefficient (Wildman–Crippen LogP) is 11.4. The van der Waals surface area contributed by atoms with Crippen molar-refractivity contribution in [2.24, 2.45) is 0 Å². The van der Waals surface area contributed by atoms with Gasteiger partial charge in [-0.2, -0.15) is 15.8 Å². The molecule has 238 valence electrons. The number of nitriles is 3. The van der Waals surface area contributed by atoms with E-state index in [-0.39, 0.29) is 0 Å². The van der Waals surface area contributed by atoms with E-state index in [1.807, 2.05) is 85.8 Å². The Hall–Kier alpha value is -7.39. The number of fused-ring (bicyclic) bond motifs is 4. The van der Waals surface area contributed by atoms with Crippen LogP contribution in [0.3, 0.4) is 0 Å². The first-order chi connectivity index (χ1) is 25.1. The minimum absolute atomic E-state index is 0.551. The van der Waals surface area contributed by atoms with Gasteiger partial charge in [-0.15, -0.1) is 0 Å². The van der Waals surface area contributed by atoms with Gasteiger partial charge in [0.25, 0.3) is 0 Å². The molecule has 0 spiro atoms. The number of para-hydroxylation sites is 2. The van der Waals surface area contributed by atoms with Crippen LogP contribution in [0.4, 0.5) is 0 Å². The summed E-state index contributed by atoms with van der Waals surface area (Å²) in [5, 5.41) is 32.7. The highest BCUT2D eigenvalue weighted by atomic mass is 15.0. The lowest BCUT2D eigenvalue weighted by Gasteiger charge is -2.16. The molecule has 0 N–H and O–H groups in total. The average Bonchev–Trinajstić information content (AvgIpc) is 3.68. The molecule has 0 aliphatic heterocycles. The zero-order valence-corrected chi connectivity index (χ0v) is 27.8. The number of hydrogen-bond donors (Lipinski definition) is 0. The van der Waals surface area contributed by atoms with E-state index >= 15 is 0 Å². The fourth-order valence-electron chi connectivity index (χ4n) is 7.29. The molecule has 5 heteroatoms. The number of aromatic nitrogens is 2. The molecule has 5 nitrogen and oxygen atoms in total. The van der Waals surface area contributed by atoms with Gasteiger partial charge in [0, 0.05) is 38.5 Å². The van der Waals surface area contributed by atoms with Gasteiger partial charge in [-0.25, -0.2) is 0 Å². The van der Waals surface area contributed by atoms with E-state index in [0.717, 1.165) is 77.6 Å². The van der Waals surface area contributed by atoms with Crippen molar-refractivity contribution in [2.75, 3.05) is 0 Å².